The minimum Gasteiger partial charge on any atom is -0.326 e. The third-order valence-electron chi connectivity index (χ3n) is 6.86. The molecule has 0 spiro atoms. The fourth-order valence-corrected chi connectivity index (χ4v) is 4.74. The molecule has 4 rings (SSSR count). The molecular weight excluding hydrogens is 399 g/mol. The molecule has 0 radical (unpaired) electrons. The fraction of sp³-hybridized carbons (Fsp3) is 0.360. The number of halogens is 2. The maximum atomic E-state index is 13.8. The maximum Gasteiger partial charge on any atom is 0.227 e. The Kier molecular flexibility index (Phi) is 5.79. The second-order valence-electron chi connectivity index (χ2n) is 8.71. The number of nitrogens with one attached hydrogen (secondary N) is 1. The summed E-state index contributed by atoms with van der Waals surface area (Å²) < 4.78 is 13.8. The topological polar surface area (TPSA) is 42.0 Å². The van der Waals surface area contributed by atoms with Crippen LogP contribution in [0.1, 0.15) is 51.0 Å². The van der Waals surface area contributed by atoms with E-state index in [1.807, 2.05) is 31.3 Å². The lowest BCUT2D eigenvalue weighted by Crippen LogP contribution is -2.37. The third kappa shape index (κ3) is 4.20. The molecular formula is C25H26ClFN2O. The number of pyridine rings is 1. The van der Waals surface area contributed by atoms with E-state index in [-0.39, 0.29) is 23.1 Å². The number of aromatic nitrogens is 1. The van der Waals surface area contributed by atoms with Crippen LogP contribution in [0.5, 0.6) is 0 Å². The van der Waals surface area contributed by atoms with E-state index >= 15 is 0 Å². The van der Waals surface area contributed by atoms with Gasteiger partial charge in [-0.05, 0) is 91.1 Å². The van der Waals surface area contributed by atoms with Gasteiger partial charge in [0.15, 0.2) is 0 Å². The number of hydrogen-bond donors (Lipinski definition) is 1. The average Bonchev–Trinajstić information content (AvgIpc) is 2.75. The molecule has 0 saturated heterocycles. The summed E-state index contributed by atoms with van der Waals surface area (Å²) in [6.07, 6.45) is 5.67. The molecule has 1 aromatic heterocycles. The number of rotatable bonds is 4. The van der Waals surface area contributed by atoms with E-state index in [4.69, 9.17) is 11.6 Å². The highest BCUT2D eigenvalue weighted by Crippen LogP contribution is 2.48. The Morgan fingerprint density at radius 1 is 1.17 bits per heavy atom. The summed E-state index contributed by atoms with van der Waals surface area (Å²) in [7, 11) is 0. The van der Waals surface area contributed by atoms with Crippen LogP contribution in [0.2, 0.25) is 5.02 Å². The highest BCUT2D eigenvalue weighted by Gasteiger charge is 2.39. The Labute approximate surface area is 181 Å². The van der Waals surface area contributed by atoms with Crippen molar-refractivity contribution >= 4 is 34.1 Å². The van der Waals surface area contributed by atoms with Gasteiger partial charge >= 0.3 is 0 Å². The number of amides is 1. The fourth-order valence-electron chi connectivity index (χ4n) is 4.62. The van der Waals surface area contributed by atoms with Gasteiger partial charge in [-0.15, -0.1) is 0 Å². The Morgan fingerprint density at radius 3 is 2.57 bits per heavy atom. The van der Waals surface area contributed by atoms with E-state index in [0.717, 1.165) is 42.3 Å². The van der Waals surface area contributed by atoms with Crippen molar-refractivity contribution in [3.63, 3.8) is 0 Å². The lowest BCUT2D eigenvalue weighted by atomic mass is 9.64. The largest absolute Gasteiger partial charge is 0.326 e. The Hall–Kier alpha value is -2.46. The number of carbonyl (C=O) groups excluding carboxylic acids is 1. The maximum absolute atomic E-state index is 13.8. The first kappa shape index (κ1) is 20.8. The summed E-state index contributed by atoms with van der Waals surface area (Å²) in [4.78, 5) is 17.2. The highest BCUT2D eigenvalue weighted by atomic mass is 35.5. The second kappa shape index (κ2) is 8.35. The zero-order valence-corrected chi connectivity index (χ0v) is 18.0. The standard InChI is InChI=1S/C25H26ClFN2O/c1-16(24(30)29-20-6-3-18(26)4-7-20)25(2)12-9-17(10-13-25)21-11-14-28-23-8-5-19(27)15-22(21)23/h3-8,11,14-17H,9-10,12-13H2,1-2H3,(H,29,30)/t16?,17-,25+. The van der Waals surface area contributed by atoms with Gasteiger partial charge in [-0.25, -0.2) is 4.39 Å². The van der Waals surface area contributed by atoms with Crippen LogP contribution in [0.4, 0.5) is 10.1 Å². The summed E-state index contributed by atoms with van der Waals surface area (Å²) in [5, 5.41) is 4.57. The van der Waals surface area contributed by atoms with E-state index in [2.05, 4.69) is 17.2 Å². The molecule has 3 nitrogen and oxygen atoms in total. The monoisotopic (exact) mass is 424 g/mol. The van der Waals surface area contributed by atoms with Crippen LogP contribution in [-0.4, -0.2) is 10.9 Å². The first-order chi connectivity index (χ1) is 14.4. The summed E-state index contributed by atoms with van der Waals surface area (Å²) in [6, 6.07) is 14.0. The molecule has 0 aliphatic heterocycles. The minimum atomic E-state index is -0.232. The number of benzene rings is 2. The van der Waals surface area contributed by atoms with Crippen LogP contribution in [-0.2, 0) is 4.79 Å². The number of carbonyl (C=O) groups is 1. The molecule has 1 fully saturated rings. The summed E-state index contributed by atoms with van der Waals surface area (Å²) in [5.74, 6) is 0.0530. The molecule has 1 N–H and O–H groups in total. The molecule has 30 heavy (non-hydrogen) atoms. The van der Waals surface area contributed by atoms with Gasteiger partial charge in [-0.3, -0.25) is 9.78 Å². The number of nitrogens with zero attached hydrogens (tertiary/aromatic N) is 1. The summed E-state index contributed by atoms with van der Waals surface area (Å²) in [6.45, 7) is 4.22. The molecule has 0 bridgehead atoms. The molecule has 1 saturated carbocycles. The predicted octanol–water partition coefficient (Wildman–Crippen LogP) is 6.97. The van der Waals surface area contributed by atoms with Crippen molar-refractivity contribution in [2.24, 2.45) is 11.3 Å². The molecule has 1 atom stereocenters. The molecule has 5 heteroatoms. The van der Waals surface area contributed by atoms with Crippen LogP contribution >= 0.6 is 11.6 Å². The van der Waals surface area contributed by atoms with Crippen LogP contribution in [0.15, 0.2) is 54.7 Å². The highest BCUT2D eigenvalue weighted by molar-refractivity contribution is 6.30. The van der Waals surface area contributed by atoms with Gasteiger partial charge < -0.3 is 5.32 Å². The molecule has 3 aromatic rings. The Morgan fingerprint density at radius 2 is 1.87 bits per heavy atom. The van der Waals surface area contributed by atoms with Crippen LogP contribution < -0.4 is 5.32 Å². The smallest absolute Gasteiger partial charge is 0.227 e. The molecule has 1 amide bonds. The van der Waals surface area contributed by atoms with Crippen molar-refractivity contribution in [3.8, 4) is 0 Å². The predicted molar refractivity (Wildman–Crippen MR) is 120 cm³/mol. The zero-order chi connectivity index (χ0) is 21.3. The van der Waals surface area contributed by atoms with Crippen LogP contribution in [0.3, 0.4) is 0 Å². The van der Waals surface area contributed by atoms with E-state index in [9.17, 15) is 9.18 Å². The van der Waals surface area contributed by atoms with E-state index in [0.29, 0.717) is 10.9 Å². The zero-order valence-electron chi connectivity index (χ0n) is 17.3. The van der Waals surface area contributed by atoms with Crippen LogP contribution in [0, 0.1) is 17.2 Å². The third-order valence-corrected chi connectivity index (χ3v) is 7.11. The molecule has 156 valence electrons. The van der Waals surface area contributed by atoms with Crippen molar-refractivity contribution in [1.29, 1.82) is 0 Å². The summed E-state index contributed by atoms with van der Waals surface area (Å²) >= 11 is 5.93. The van der Waals surface area contributed by atoms with E-state index in [1.54, 1.807) is 24.3 Å². The minimum absolute atomic E-state index is 0.0368. The van der Waals surface area contributed by atoms with Crippen LogP contribution in [0.25, 0.3) is 10.9 Å². The van der Waals surface area contributed by atoms with E-state index in [1.165, 1.54) is 11.6 Å². The lowest BCUT2D eigenvalue weighted by molar-refractivity contribution is -0.123. The van der Waals surface area contributed by atoms with Crippen molar-refractivity contribution in [3.05, 3.63) is 71.1 Å². The molecule has 1 aliphatic carbocycles. The van der Waals surface area contributed by atoms with Crippen molar-refractivity contribution in [1.82, 2.24) is 4.98 Å². The summed E-state index contributed by atoms with van der Waals surface area (Å²) in [5.41, 5.74) is 2.69. The van der Waals surface area contributed by atoms with Crippen molar-refractivity contribution in [2.45, 2.75) is 45.4 Å². The molecule has 2 aromatic carbocycles. The SMILES string of the molecule is CC(C(=O)Nc1ccc(Cl)cc1)[C@]1(C)CC[C@H](c2ccnc3ccc(F)cc32)CC1. The van der Waals surface area contributed by atoms with Gasteiger partial charge in [0.05, 0.1) is 5.52 Å². The molecule has 1 aliphatic rings. The average molecular weight is 425 g/mol. The number of hydrogen-bond acceptors (Lipinski definition) is 2. The van der Waals surface area contributed by atoms with Gasteiger partial charge in [-0.1, -0.05) is 25.4 Å². The van der Waals surface area contributed by atoms with Gasteiger partial charge in [0, 0.05) is 28.2 Å². The van der Waals surface area contributed by atoms with Crippen molar-refractivity contribution < 1.29 is 9.18 Å². The lowest BCUT2D eigenvalue weighted by Gasteiger charge is -2.41. The quantitative estimate of drug-likeness (QED) is 0.491. The second-order valence-corrected chi connectivity index (χ2v) is 9.14. The Bertz CT molecular complexity index is 1060. The first-order valence-corrected chi connectivity index (χ1v) is 10.8. The van der Waals surface area contributed by atoms with Gasteiger partial charge in [-0.2, -0.15) is 0 Å². The first-order valence-electron chi connectivity index (χ1n) is 10.5. The number of fused-ring (bicyclic) bond motifs is 1. The number of anilines is 1. The normalized spacial score (nSPS) is 22.6. The Balaban J connectivity index is 1.46. The molecule has 1 unspecified atom stereocenters. The molecule has 1 heterocycles. The van der Waals surface area contributed by atoms with Crippen molar-refractivity contribution in [2.75, 3.05) is 5.32 Å². The van der Waals surface area contributed by atoms with E-state index < -0.39 is 0 Å². The van der Waals surface area contributed by atoms with Gasteiger partial charge in [0.1, 0.15) is 5.82 Å². The van der Waals surface area contributed by atoms with Gasteiger partial charge in [0.2, 0.25) is 5.91 Å². The van der Waals surface area contributed by atoms with Gasteiger partial charge in [0.25, 0.3) is 0 Å².